The topological polar surface area (TPSA) is 61.7 Å². The van der Waals surface area contributed by atoms with Gasteiger partial charge in [0.25, 0.3) is 0 Å². The summed E-state index contributed by atoms with van der Waals surface area (Å²) in [5.74, 6) is 0.813. The van der Waals surface area contributed by atoms with Gasteiger partial charge >= 0.3 is 0 Å². The van der Waals surface area contributed by atoms with Gasteiger partial charge in [-0.15, -0.1) is 0 Å². The molecule has 0 radical (unpaired) electrons. The third kappa shape index (κ3) is 6.14. The Hall–Kier alpha value is -1.69. The fourth-order valence-corrected chi connectivity index (χ4v) is 2.31. The molecule has 0 aliphatic carbocycles. The molecule has 1 aromatic heterocycles. The maximum atomic E-state index is 11.8. The monoisotopic (exact) mass is 341 g/mol. The minimum absolute atomic E-state index is 0.0427. The summed E-state index contributed by atoms with van der Waals surface area (Å²) in [5.41, 5.74) is 0.728. The van der Waals surface area contributed by atoms with Crippen molar-refractivity contribution in [2.24, 2.45) is 17.5 Å². The van der Waals surface area contributed by atoms with Crippen LogP contribution in [-0.2, 0) is 18.4 Å². The smallest absolute Gasteiger partial charge is 0.225 e. The molecule has 0 bridgehead atoms. The summed E-state index contributed by atoms with van der Waals surface area (Å²) in [7, 11) is 5.67. The van der Waals surface area contributed by atoms with Crippen molar-refractivity contribution in [2.75, 3.05) is 27.2 Å². The summed E-state index contributed by atoms with van der Waals surface area (Å²) in [4.78, 5) is 18.1. The SMILES string of the molecule is CN=C(NCCNC(=O)C(C)(C)C)N(C)Cc1cc(Cl)cn1C. The fraction of sp³-hybridized carbons (Fsp3) is 0.625. The molecule has 0 saturated heterocycles. The molecule has 0 fully saturated rings. The number of hydrogen-bond acceptors (Lipinski definition) is 2. The van der Waals surface area contributed by atoms with Gasteiger partial charge in [-0.3, -0.25) is 9.79 Å². The Bertz CT molecular complexity index is 559. The minimum atomic E-state index is -0.371. The first-order valence-electron chi connectivity index (χ1n) is 7.66. The van der Waals surface area contributed by atoms with E-state index < -0.39 is 0 Å². The maximum absolute atomic E-state index is 11.8. The third-order valence-electron chi connectivity index (χ3n) is 3.42. The van der Waals surface area contributed by atoms with Gasteiger partial charge in [0, 0.05) is 51.5 Å². The molecule has 2 N–H and O–H groups in total. The maximum Gasteiger partial charge on any atom is 0.225 e. The standard InChI is InChI=1S/C16H28ClN5O/c1-16(2,3)14(23)19-7-8-20-15(18-4)22(6)11-13-9-12(17)10-21(13)5/h9-10H,7-8,11H2,1-6H3,(H,18,20)(H,19,23). The van der Waals surface area contributed by atoms with Crippen molar-refractivity contribution in [3.63, 3.8) is 0 Å². The number of aryl methyl sites for hydroxylation is 1. The average Bonchev–Trinajstić information content (AvgIpc) is 2.75. The van der Waals surface area contributed by atoms with Gasteiger partial charge in [-0.2, -0.15) is 0 Å². The van der Waals surface area contributed by atoms with E-state index in [0.29, 0.717) is 19.6 Å². The Balaban J connectivity index is 2.45. The first-order chi connectivity index (χ1) is 10.6. The zero-order valence-corrected chi connectivity index (χ0v) is 15.7. The van der Waals surface area contributed by atoms with Crippen molar-refractivity contribution in [3.05, 3.63) is 23.0 Å². The molecule has 0 saturated carbocycles. The highest BCUT2D eigenvalue weighted by atomic mass is 35.5. The molecule has 0 spiro atoms. The van der Waals surface area contributed by atoms with Crippen LogP contribution in [0.2, 0.25) is 5.02 Å². The number of amides is 1. The van der Waals surface area contributed by atoms with Gasteiger partial charge in [-0.25, -0.2) is 0 Å². The molecular formula is C16H28ClN5O. The predicted octanol–water partition coefficient (Wildman–Crippen LogP) is 1.85. The molecule has 0 unspecified atom stereocenters. The van der Waals surface area contributed by atoms with E-state index in [1.165, 1.54) is 0 Å². The average molecular weight is 342 g/mol. The highest BCUT2D eigenvalue weighted by Gasteiger charge is 2.20. The molecule has 0 aromatic carbocycles. The highest BCUT2D eigenvalue weighted by Crippen LogP contribution is 2.14. The lowest BCUT2D eigenvalue weighted by atomic mass is 9.96. The molecular weight excluding hydrogens is 314 g/mol. The van der Waals surface area contributed by atoms with Crippen LogP contribution in [0, 0.1) is 5.41 Å². The van der Waals surface area contributed by atoms with E-state index in [4.69, 9.17) is 11.6 Å². The summed E-state index contributed by atoms with van der Waals surface area (Å²) < 4.78 is 2.00. The van der Waals surface area contributed by atoms with E-state index in [0.717, 1.165) is 16.7 Å². The summed E-state index contributed by atoms with van der Waals surface area (Å²) >= 11 is 6.01. The van der Waals surface area contributed by atoms with E-state index >= 15 is 0 Å². The fourth-order valence-electron chi connectivity index (χ4n) is 2.04. The van der Waals surface area contributed by atoms with Crippen molar-refractivity contribution in [3.8, 4) is 0 Å². The lowest BCUT2D eigenvalue weighted by Crippen LogP contribution is -2.44. The molecule has 0 aliphatic rings. The number of hydrogen-bond donors (Lipinski definition) is 2. The Kier molecular flexibility index (Phi) is 6.94. The van der Waals surface area contributed by atoms with Gasteiger partial charge < -0.3 is 20.1 Å². The van der Waals surface area contributed by atoms with Crippen LogP contribution in [0.4, 0.5) is 0 Å². The number of halogens is 1. The molecule has 1 amide bonds. The number of aliphatic imine (C=N–C) groups is 1. The van der Waals surface area contributed by atoms with Crippen LogP contribution < -0.4 is 10.6 Å². The lowest BCUT2D eigenvalue weighted by Gasteiger charge is -2.23. The van der Waals surface area contributed by atoms with Crippen LogP contribution in [0.3, 0.4) is 0 Å². The number of aromatic nitrogens is 1. The molecule has 0 aliphatic heterocycles. The summed E-state index contributed by atoms with van der Waals surface area (Å²) in [5, 5.41) is 6.87. The molecule has 1 rings (SSSR count). The predicted molar refractivity (Wildman–Crippen MR) is 95.7 cm³/mol. The molecule has 7 heteroatoms. The van der Waals surface area contributed by atoms with E-state index in [9.17, 15) is 4.79 Å². The van der Waals surface area contributed by atoms with Gasteiger partial charge in [0.1, 0.15) is 0 Å². The molecule has 23 heavy (non-hydrogen) atoms. The molecule has 1 aromatic rings. The van der Waals surface area contributed by atoms with Crippen molar-refractivity contribution in [2.45, 2.75) is 27.3 Å². The van der Waals surface area contributed by atoms with Crippen LogP contribution in [0.15, 0.2) is 17.3 Å². The second-order valence-corrected chi connectivity index (χ2v) is 7.03. The van der Waals surface area contributed by atoms with E-state index in [1.807, 2.05) is 56.6 Å². The number of rotatable bonds is 5. The van der Waals surface area contributed by atoms with Gasteiger partial charge in [0.15, 0.2) is 5.96 Å². The van der Waals surface area contributed by atoms with Crippen molar-refractivity contribution < 1.29 is 4.79 Å². The number of nitrogens with zero attached hydrogens (tertiary/aromatic N) is 3. The zero-order chi connectivity index (χ0) is 17.6. The lowest BCUT2D eigenvalue weighted by molar-refractivity contribution is -0.128. The van der Waals surface area contributed by atoms with Crippen molar-refractivity contribution >= 4 is 23.5 Å². The van der Waals surface area contributed by atoms with Crippen molar-refractivity contribution in [1.29, 1.82) is 0 Å². The Labute approximate surface area is 143 Å². The van der Waals surface area contributed by atoms with Crippen molar-refractivity contribution in [1.82, 2.24) is 20.1 Å². The Morgan fingerprint density at radius 1 is 1.35 bits per heavy atom. The van der Waals surface area contributed by atoms with E-state index in [-0.39, 0.29) is 11.3 Å². The normalized spacial score (nSPS) is 12.2. The number of guanidine groups is 1. The molecule has 1 heterocycles. The minimum Gasteiger partial charge on any atom is -0.354 e. The van der Waals surface area contributed by atoms with Crippen LogP contribution in [-0.4, -0.2) is 48.5 Å². The summed E-state index contributed by atoms with van der Waals surface area (Å²) in [6.07, 6.45) is 1.88. The highest BCUT2D eigenvalue weighted by molar-refractivity contribution is 6.30. The largest absolute Gasteiger partial charge is 0.354 e. The van der Waals surface area contributed by atoms with Gasteiger partial charge in [0.2, 0.25) is 5.91 Å². The van der Waals surface area contributed by atoms with Crippen LogP contribution in [0.1, 0.15) is 26.5 Å². The van der Waals surface area contributed by atoms with Gasteiger partial charge in [0.05, 0.1) is 11.6 Å². The van der Waals surface area contributed by atoms with E-state index in [1.54, 1.807) is 7.05 Å². The number of carbonyl (C=O) groups is 1. The van der Waals surface area contributed by atoms with Gasteiger partial charge in [-0.05, 0) is 6.07 Å². The Morgan fingerprint density at radius 2 is 1.96 bits per heavy atom. The summed E-state index contributed by atoms with van der Waals surface area (Å²) in [6, 6.07) is 1.94. The number of carbonyl (C=O) groups excluding carboxylic acids is 1. The quantitative estimate of drug-likeness (QED) is 0.488. The molecule has 6 nitrogen and oxygen atoms in total. The summed E-state index contributed by atoms with van der Waals surface area (Å²) in [6.45, 7) is 7.55. The van der Waals surface area contributed by atoms with E-state index in [2.05, 4.69) is 15.6 Å². The zero-order valence-electron chi connectivity index (χ0n) is 14.9. The van der Waals surface area contributed by atoms with Crippen LogP contribution in [0.25, 0.3) is 0 Å². The van der Waals surface area contributed by atoms with Gasteiger partial charge in [-0.1, -0.05) is 32.4 Å². The first kappa shape index (κ1) is 19.4. The second-order valence-electron chi connectivity index (χ2n) is 6.60. The first-order valence-corrected chi connectivity index (χ1v) is 8.03. The Morgan fingerprint density at radius 3 is 2.43 bits per heavy atom. The third-order valence-corrected chi connectivity index (χ3v) is 3.63. The van der Waals surface area contributed by atoms with Crippen LogP contribution in [0.5, 0.6) is 0 Å². The van der Waals surface area contributed by atoms with Crippen LogP contribution >= 0.6 is 11.6 Å². The number of nitrogens with one attached hydrogen (secondary N) is 2. The molecule has 130 valence electrons. The second kappa shape index (κ2) is 8.24. The molecule has 0 atom stereocenters.